The first-order chi connectivity index (χ1) is 14.8. The number of pyridine rings is 1. The molecule has 1 N–H and O–H groups in total. The molecule has 0 radical (unpaired) electrons. The highest BCUT2D eigenvalue weighted by molar-refractivity contribution is 6.51. The van der Waals surface area contributed by atoms with E-state index in [9.17, 15) is 23.5 Å². The van der Waals surface area contributed by atoms with Crippen molar-refractivity contribution in [1.82, 2.24) is 4.98 Å². The third kappa shape index (κ3) is 3.48. The lowest BCUT2D eigenvalue weighted by Gasteiger charge is -2.25. The van der Waals surface area contributed by atoms with Crippen LogP contribution in [0, 0.1) is 25.5 Å². The maximum Gasteiger partial charge on any atom is 0.300 e. The monoisotopic (exact) mass is 420 g/mol. The minimum Gasteiger partial charge on any atom is -0.507 e. The molecule has 1 aliphatic rings. The van der Waals surface area contributed by atoms with Gasteiger partial charge in [0, 0.05) is 24.0 Å². The molecule has 4 rings (SSSR count). The minimum atomic E-state index is -1.15. The third-order valence-electron chi connectivity index (χ3n) is 5.28. The van der Waals surface area contributed by atoms with Crippen molar-refractivity contribution in [3.05, 3.63) is 100 Å². The molecular weight excluding hydrogens is 402 g/mol. The predicted octanol–water partition coefficient (Wildman–Crippen LogP) is 4.60. The van der Waals surface area contributed by atoms with Crippen LogP contribution < -0.4 is 4.90 Å². The second-order valence-electron chi connectivity index (χ2n) is 7.36. The SMILES string of the molecule is Cc1ccc(C)c(/C(O)=C2\C(=O)C(=O)N(c3cc(F)ccc3F)C2c2ccncc2)c1. The Hall–Kier alpha value is -3.87. The molecule has 5 nitrogen and oxygen atoms in total. The van der Waals surface area contributed by atoms with Crippen LogP contribution in [-0.2, 0) is 9.59 Å². The molecule has 0 aliphatic carbocycles. The maximum absolute atomic E-state index is 14.6. The quantitative estimate of drug-likeness (QED) is 0.382. The summed E-state index contributed by atoms with van der Waals surface area (Å²) in [6, 6.07) is 9.96. The summed E-state index contributed by atoms with van der Waals surface area (Å²) < 4.78 is 28.5. The van der Waals surface area contributed by atoms with Crippen LogP contribution in [0.4, 0.5) is 14.5 Å². The van der Waals surface area contributed by atoms with Crippen LogP contribution in [0.15, 0.2) is 66.5 Å². The number of nitrogens with zero attached hydrogens (tertiary/aromatic N) is 2. The molecule has 1 fully saturated rings. The fourth-order valence-corrected chi connectivity index (χ4v) is 3.75. The van der Waals surface area contributed by atoms with E-state index in [1.54, 1.807) is 31.2 Å². The molecule has 2 heterocycles. The fraction of sp³-hybridized carbons (Fsp3) is 0.125. The molecule has 0 saturated carbocycles. The van der Waals surface area contributed by atoms with E-state index in [0.29, 0.717) is 16.7 Å². The van der Waals surface area contributed by atoms with Crippen molar-refractivity contribution >= 4 is 23.1 Å². The van der Waals surface area contributed by atoms with Crippen molar-refractivity contribution in [2.75, 3.05) is 4.90 Å². The van der Waals surface area contributed by atoms with Crippen LogP contribution in [0.5, 0.6) is 0 Å². The van der Waals surface area contributed by atoms with Crippen molar-refractivity contribution in [3.63, 3.8) is 0 Å². The number of aliphatic hydroxyl groups excluding tert-OH is 1. The van der Waals surface area contributed by atoms with Gasteiger partial charge in [-0.3, -0.25) is 19.5 Å². The summed E-state index contributed by atoms with van der Waals surface area (Å²) in [6.07, 6.45) is 2.91. The third-order valence-corrected chi connectivity index (χ3v) is 5.28. The first-order valence-corrected chi connectivity index (χ1v) is 9.53. The fourth-order valence-electron chi connectivity index (χ4n) is 3.75. The number of halogens is 2. The van der Waals surface area contributed by atoms with Gasteiger partial charge in [-0.25, -0.2) is 8.78 Å². The van der Waals surface area contributed by atoms with Crippen molar-refractivity contribution in [2.45, 2.75) is 19.9 Å². The van der Waals surface area contributed by atoms with E-state index in [1.165, 1.54) is 12.4 Å². The zero-order valence-corrected chi connectivity index (χ0v) is 16.8. The molecule has 1 saturated heterocycles. The average molecular weight is 420 g/mol. The second kappa shape index (κ2) is 7.75. The molecule has 1 aliphatic heterocycles. The maximum atomic E-state index is 14.6. The number of aromatic nitrogens is 1. The number of carbonyl (C=O) groups excluding carboxylic acids is 2. The number of amides is 1. The summed E-state index contributed by atoms with van der Waals surface area (Å²) in [4.78, 5) is 30.8. The van der Waals surface area contributed by atoms with Crippen LogP contribution in [0.25, 0.3) is 5.76 Å². The van der Waals surface area contributed by atoms with Gasteiger partial charge in [0.15, 0.2) is 0 Å². The predicted molar refractivity (Wildman–Crippen MR) is 111 cm³/mol. The standard InChI is InChI=1S/C24H18F2N2O3/c1-13-3-4-14(2)17(11-13)22(29)20-21(15-7-9-27-10-8-15)28(24(31)23(20)30)19-12-16(25)5-6-18(19)26/h3-12,21,29H,1-2H3/b22-20+. The van der Waals surface area contributed by atoms with Gasteiger partial charge >= 0.3 is 0 Å². The van der Waals surface area contributed by atoms with Crippen molar-refractivity contribution in [3.8, 4) is 0 Å². The molecule has 7 heteroatoms. The zero-order valence-electron chi connectivity index (χ0n) is 16.8. The number of benzene rings is 2. The lowest BCUT2D eigenvalue weighted by molar-refractivity contribution is -0.132. The van der Waals surface area contributed by atoms with Gasteiger partial charge in [0.2, 0.25) is 0 Å². The molecule has 3 aromatic rings. The van der Waals surface area contributed by atoms with Gasteiger partial charge in [-0.1, -0.05) is 17.7 Å². The second-order valence-corrected chi connectivity index (χ2v) is 7.36. The lowest BCUT2D eigenvalue weighted by Crippen LogP contribution is -2.30. The number of aryl methyl sites for hydroxylation is 2. The summed E-state index contributed by atoms with van der Waals surface area (Å²) in [5.74, 6) is -4.04. The molecule has 0 spiro atoms. The smallest absolute Gasteiger partial charge is 0.300 e. The van der Waals surface area contributed by atoms with Crippen LogP contribution in [0.2, 0.25) is 0 Å². The normalized spacial score (nSPS) is 17.9. The van der Waals surface area contributed by atoms with Gasteiger partial charge in [0.05, 0.1) is 17.3 Å². The number of hydrogen-bond donors (Lipinski definition) is 1. The van der Waals surface area contributed by atoms with Gasteiger partial charge in [-0.2, -0.15) is 0 Å². The van der Waals surface area contributed by atoms with E-state index in [-0.39, 0.29) is 17.0 Å². The highest BCUT2D eigenvalue weighted by Crippen LogP contribution is 2.43. The Morgan fingerprint density at radius 3 is 2.42 bits per heavy atom. The van der Waals surface area contributed by atoms with E-state index in [2.05, 4.69) is 4.98 Å². The zero-order chi connectivity index (χ0) is 22.3. The van der Waals surface area contributed by atoms with Crippen LogP contribution in [-0.4, -0.2) is 21.8 Å². The molecular formula is C24H18F2N2O3. The van der Waals surface area contributed by atoms with Crippen molar-refractivity contribution < 1.29 is 23.5 Å². The Balaban J connectivity index is 2.01. The minimum absolute atomic E-state index is 0.200. The lowest BCUT2D eigenvalue weighted by atomic mass is 9.93. The van der Waals surface area contributed by atoms with E-state index >= 15 is 0 Å². The van der Waals surface area contributed by atoms with Gasteiger partial charge in [-0.15, -0.1) is 0 Å². The molecule has 0 bridgehead atoms. The topological polar surface area (TPSA) is 70.5 Å². The number of rotatable bonds is 3. The molecule has 31 heavy (non-hydrogen) atoms. The molecule has 2 aromatic carbocycles. The van der Waals surface area contributed by atoms with Crippen LogP contribution >= 0.6 is 0 Å². The van der Waals surface area contributed by atoms with Gasteiger partial charge < -0.3 is 5.11 Å². The molecule has 1 unspecified atom stereocenters. The summed E-state index contributed by atoms with van der Waals surface area (Å²) in [7, 11) is 0. The number of aliphatic hydroxyl groups is 1. The summed E-state index contributed by atoms with van der Waals surface area (Å²) >= 11 is 0. The largest absolute Gasteiger partial charge is 0.507 e. The summed E-state index contributed by atoms with van der Waals surface area (Å²) in [5, 5.41) is 11.1. The molecule has 1 amide bonds. The Labute approximate surface area is 177 Å². The first-order valence-electron chi connectivity index (χ1n) is 9.53. The Morgan fingerprint density at radius 2 is 1.71 bits per heavy atom. The van der Waals surface area contributed by atoms with E-state index in [4.69, 9.17) is 0 Å². The Kier molecular flexibility index (Phi) is 5.10. The highest BCUT2D eigenvalue weighted by atomic mass is 19.1. The number of anilines is 1. The first kappa shape index (κ1) is 20.4. The van der Waals surface area contributed by atoms with E-state index < -0.39 is 29.4 Å². The average Bonchev–Trinajstić information content (AvgIpc) is 3.02. The summed E-state index contributed by atoms with van der Waals surface area (Å²) in [5.41, 5.74) is 1.76. The molecule has 1 atom stereocenters. The molecule has 1 aromatic heterocycles. The van der Waals surface area contributed by atoms with Crippen molar-refractivity contribution in [1.29, 1.82) is 0 Å². The number of carbonyl (C=O) groups is 2. The Morgan fingerprint density at radius 1 is 1.00 bits per heavy atom. The van der Waals surface area contributed by atoms with Gasteiger partial charge in [-0.05, 0) is 55.3 Å². The number of ketones is 1. The van der Waals surface area contributed by atoms with Gasteiger partial charge in [0.25, 0.3) is 11.7 Å². The van der Waals surface area contributed by atoms with Crippen molar-refractivity contribution in [2.24, 2.45) is 0 Å². The summed E-state index contributed by atoms with van der Waals surface area (Å²) in [6.45, 7) is 3.59. The Bertz CT molecular complexity index is 1240. The number of hydrogen-bond acceptors (Lipinski definition) is 4. The van der Waals surface area contributed by atoms with Crippen LogP contribution in [0.3, 0.4) is 0 Å². The van der Waals surface area contributed by atoms with E-state index in [0.717, 1.165) is 28.7 Å². The molecule has 156 valence electrons. The highest BCUT2D eigenvalue weighted by Gasteiger charge is 2.48. The van der Waals surface area contributed by atoms with Gasteiger partial charge in [0.1, 0.15) is 17.4 Å². The van der Waals surface area contributed by atoms with E-state index in [1.807, 2.05) is 13.0 Å². The number of Topliss-reactive ketones (excluding diaryl/α,β-unsaturated/α-hetero) is 1. The van der Waals surface area contributed by atoms with Crippen LogP contribution in [0.1, 0.15) is 28.3 Å².